The maximum atomic E-state index is 12.9. The van der Waals surface area contributed by atoms with Crippen LogP contribution in [0.3, 0.4) is 0 Å². The average molecular weight is 591 g/mol. The maximum Gasteiger partial charge on any atom is 0.279 e. The highest BCUT2D eigenvalue weighted by Gasteiger charge is 2.24. The summed E-state index contributed by atoms with van der Waals surface area (Å²) in [6.45, 7) is 3.13. The van der Waals surface area contributed by atoms with Crippen LogP contribution in [0, 0.1) is 6.92 Å². The Labute approximate surface area is 247 Å². The summed E-state index contributed by atoms with van der Waals surface area (Å²) in [4.78, 5) is 34.5. The lowest BCUT2D eigenvalue weighted by atomic mass is 9.96. The van der Waals surface area contributed by atoms with Crippen LogP contribution in [0.15, 0.2) is 59.7 Å². The van der Waals surface area contributed by atoms with Gasteiger partial charge in [0.1, 0.15) is 11.3 Å². The fraction of sp³-hybridized carbons (Fsp3) is 0.300. The second-order valence-corrected chi connectivity index (χ2v) is 10.3. The van der Waals surface area contributed by atoms with Crippen LogP contribution in [0.25, 0.3) is 22.4 Å². The Morgan fingerprint density at radius 1 is 1.19 bits per heavy atom. The van der Waals surface area contributed by atoms with Gasteiger partial charge in [-0.25, -0.2) is 9.67 Å². The van der Waals surface area contributed by atoms with Gasteiger partial charge in [0.2, 0.25) is 5.88 Å². The molecule has 1 aliphatic rings. The van der Waals surface area contributed by atoms with E-state index in [9.17, 15) is 14.7 Å². The van der Waals surface area contributed by atoms with Crippen molar-refractivity contribution in [2.24, 2.45) is 7.05 Å². The number of hydrogen-bond donors (Lipinski definition) is 3. The second kappa shape index (κ2) is 12.8. The van der Waals surface area contributed by atoms with Crippen LogP contribution in [-0.4, -0.2) is 63.2 Å². The third-order valence-corrected chi connectivity index (χ3v) is 7.67. The average Bonchev–Trinajstić information content (AvgIpc) is 2.99. The molecule has 4 aromatic rings. The molecule has 3 heterocycles. The van der Waals surface area contributed by atoms with Crippen molar-refractivity contribution in [1.82, 2.24) is 25.1 Å². The highest BCUT2D eigenvalue weighted by Crippen LogP contribution is 2.39. The molecule has 11 nitrogen and oxygen atoms in total. The number of anilines is 1. The highest BCUT2D eigenvalue weighted by molar-refractivity contribution is 6.36. The molecule has 5 rings (SSSR count). The van der Waals surface area contributed by atoms with Gasteiger partial charge in [-0.05, 0) is 36.6 Å². The molecule has 1 aliphatic heterocycles. The van der Waals surface area contributed by atoms with E-state index in [4.69, 9.17) is 21.1 Å². The number of nitrogens with one attached hydrogen (secondary N) is 2. The maximum absolute atomic E-state index is 12.9. The first kappa shape index (κ1) is 29.3. The van der Waals surface area contributed by atoms with Crippen molar-refractivity contribution in [2.75, 3.05) is 25.6 Å². The first-order valence-corrected chi connectivity index (χ1v) is 13.8. The number of methoxy groups -OCH3 is 1. The van der Waals surface area contributed by atoms with E-state index < -0.39 is 17.6 Å². The molecule has 0 bridgehead atoms. The molecule has 1 amide bonds. The van der Waals surface area contributed by atoms with Crippen LogP contribution in [-0.2, 0) is 18.3 Å². The largest absolute Gasteiger partial charge is 0.480 e. The van der Waals surface area contributed by atoms with Crippen molar-refractivity contribution in [3.63, 3.8) is 0 Å². The van der Waals surface area contributed by atoms with Crippen molar-refractivity contribution >= 4 is 23.2 Å². The molecule has 0 spiro atoms. The number of carbonyl (C=O) groups is 1. The first-order chi connectivity index (χ1) is 20.3. The molecule has 12 heteroatoms. The molecule has 1 fully saturated rings. The summed E-state index contributed by atoms with van der Waals surface area (Å²) >= 11 is 6.96. The summed E-state index contributed by atoms with van der Waals surface area (Å²) in [5, 5.41) is 20.6. The number of rotatable bonds is 8. The summed E-state index contributed by atoms with van der Waals surface area (Å²) in [6.07, 6.45) is 3.16. The van der Waals surface area contributed by atoms with E-state index in [1.807, 2.05) is 37.3 Å². The summed E-state index contributed by atoms with van der Waals surface area (Å²) in [7, 11) is 3.02. The molecule has 1 saturated heterocycles. The summed E-state index contributed by atoms with van der Waals surface area (Å²) in [6, 6.07) is 12.4. The van der Waals surface area contributed by atoms with Crippen molar-refractivity contribution in [3.8, 4) is 28.3 Å². The quantitative estimate of drug-likeness (QED) is 0.282. The van der Waals surface area contributed by atoms with Gasteiger partial charge in [0.25, 0.3) is 11.5 Å². The van der Waals surface area contributed by atoms with Crippen LogP contribution < -0.4 is 20.9 Å². The molecular formula is C30H31ClN6O5. The second-order valence-electron chi connectivity index (χ2n) is 9.90. The zero-order valence-corrected chi connectivity index (χ0v) is 24.2. The summed E-state index contributed by atoms with van der Waals surface area (Å²) < 4.78 is 11.9. The van der Waals surface area contributed by atoms with Crippen molar-refractivity contribution < 1.29 is 19.4 Å². The van der Waals surface area contributed by atoms with E-state index in [-0.39, 0.29) is 11.6 Å². The zero-order valence-electron chi connectivity index (χ0n) is 23.4. The first-order valence-electron chi connectivity index (χ1n) is 13.4. The lowest BCUT2D eigenvalue weighted by molar-refractivity contribution is -0.0281. The van der Waals surface area contributed by atoms with Gasteiger partial charge in [0.15, 0.2) is 0 Å². The van der Waals surface area contributed by atoms with Gasteiger partial charge >= 0.3 is 0 Å². The molecule has 2 unspecified atom stereocenters. The predicted octanol–water partition coefficient (Wildman–Crippen LogP) is 3.37. The van der Waals surface area contributed by atoms with Crippen molar-refractivity contribution in [1.29, 1.82) is 0 Å². The number of hydrogen-bond acceptors (Lipinski definition) is 9. The van der Waals surface area contributed by atoms with Gasteiger partial charge in [-0.15, -0.1) is 0 Å². The summed E-state index contributed by atoms with van der Waals surface area (Å²) in [5.41, 5.74) is 4.17. The van der Waals surface area contributed by atoms with Gasteiger partial charge in [-0.2, -0.15) is 5.10 Å². The van der Waals surface area contributed by atoms with Crippen LogP contribution >= 0.6 is 11.6 Å². The third kappa shape index (κ3) is 6.04. The smallest absolute Gasteiger partial charge is 0.279 e. The molecule has 0 aliphatic carbocycles. The lowest BCUT2D eigenvalue weighted by Gasteiger charge is -2.28. The van der Waals surface area contributed by atoms with Gasteiger partial charge in [-0.1, -0.05) is 41.9 Å². The summed E-state index contributed by atoms with van der Waals surface area (Å²) in [5.74, 6) is -0.174. The van der Waals surface area contributed by atoms with E-state index >= 15 is 0 Å². The van der Waals surface area contributed by atoms with E-state index in [2.05, 4.69) is 25.7 Å². The number of aryl methyl sites for hydroxylation is 1. The number of aliphatic hydroxyl groups excluding tert-OH is 1. The molecule has 2 atom stereocenters. The number of benzene rings is 2. The number of carbonyl (C=O) groups excluding carboxylic acids is 1. The predicted molar refractivity (Wildman–Crippen MR) is 159 cm³/mol. The van der Waals surface area contributed by atoms with Gasteiger partial charge in [0.05, 0.1) is 36.7 Å². The standard InChI is InChI=1S/C30H31ClN6O5/c1-17-18(6-5-9-22(17)35-28(39)21-10-12-34-37(2)30(21)40)19-7-4-8-20(27(19)31)24-14-33-25(29(36-24)41-3)15-32-23-11-13-42-16-26(23)38/h4-10,12,14,23,26,32,38H,11,13,15-16H2,1-3H3,(H,35,39). The molecule has 2 aromatic carbocycles. The Hall–Kier alpha value is -4.16. The van der Waals surface area contributed by atoms with E-state index in [0.29, 0.717) is 59.7 Å². The molecule has 3 N–H and O–H groups in total. The number of aromatic nitrogens is 4. The van der Waals surface area contributed by atoms with Gasteiger partial charge in [0, 0.05) is 49.3 Å². The Kier molecular flexibility index (Phi) is 8.93. The Balaban J connectivity index is 1.41. The molecule has 0 radical (unpaired) electrons. The zero-order chi connectivity index (χ0) is 29.8. The van der Waals surface area contributed by atoms with E-state index in [0.717, 1.165) is 21.4 Å². The normalized spacial score (nSPS) is 16.7. The highest BCUT2D eigenvalue weighted by atomic mass is 35.5. The Bertz CT molecular complexity index is 1680. The van der Waals surface area contributed by atoms with Crippen molar-refractivity contribution in [2.45, 2.75) is 32.0 Å². The molecular weight excluding hydrogens is 560 g/mol. The Morgan fingerprint density at radius 3 is 2.74 bits per heavy atom. The minimum absolute atomic E-state index is 0.00700. The number of ether oxygens (including phenoxy) is 2. The molecule has 42 heavy (non-hydrogen) atoms. The molecule has 218 valence electrons. The lowest BCUT2D eigenvalue weighted by Crippen LogP contribution is -2.46. The van der Waals surface area contributed by atoms with Crippen LogP contribution in [0.4, 0.5) is 5.69 Å². The molecule has 0 saturated carbocycles. The van der Waals surface area contributed by atoms with E-state index in [1.54, 1.807) is 12.3 Å². The topological polar surface area (TPSA) is 140 Å². The number of halogens is 1. The number of nitrogens with zero attached hydrogens (tertiary/aromatic N) is 4. The molecule has 2 aromatic heterocycles. The number of amides is 1. The minimum atomic E-state index is -0.586. The van der Waals surface area contributed by atoms with Gasteiger partial charge in [-0.3, -0.25) is 14.6 Å². The fourth-order valence-corrected chi connectivity index (χ4v) is 5.19. The van der Waals surface area contributed by atoms with E-state index in [1.165, 1.54) is 26.4 Å². The van der Waals surface area contributed by atoms with Crippen LogP contribution in [0.2, 0.25) is 5.02 Å². The SMILES string of the molecule is COc1nc(-c2cccc(-c3cccc(NC(=O)c4ccnn(C)c4=O)c3C)c2Cl)cnc1CNC1CCOCC1O. The third-order valence-electron chi connectivity index (χ3n) is 7.26. The minimum Gasteiger partial charge on any atom is -0.480 e. The monoisotopic (exact) mass is 590 g/mol. The van der Waals surface area contributed by atoms with Crippen molar-refractivity contribution in [3.05, 3.63) is 87.1 Å². The Morgan fingerprint density at radius 2 is 1.95 bits per heavy atom. The number of aliphatic hydroxyl groups is 1. The fourth-order valence-electron chi connectivity index (χ4n) is 4.87. The van der Waals surface area contributed by atoms with Gasteiger partial charge < -0.3 is 25.2 Å². The van der Waals surface area contributed by atoms with Crippen LogP contribution in [0.1, 0.15) is 28.0 Å². The van der Waals surface area contributed by atoms with Crippen LogP contribution in [0.5, 0.6) is 5.88 Å².